The third-order valence-corrected chi connectivity index (χ3v) is 1.19. The highest BCUT2D eigenvalue weighted by Crippen LogP contribution is 1.88. The molecule has 0 unspecified atom stereocenters. The van der Waals surface area contributed by atoms with Crippen LogP contribution in [0.4, 0.5) is 0 Å². The first kappa shape index (κ1) is 11.1. The topological polar surface area (TPSA) is 46.6 Å². The van der Waals surface area contributed by atoms with Crippen LogP contribution in [0.2, 0.25) is 0 Å². The Labute approximate surface area is 72.5 Å². The van der Waals surface area contributed by atoms with Crippen molar-refractivity contribution < 1.29 is 14.3 Å². The molecule has 0 fully saturated rings. The summed E-state index contributed by atoms with van der Waals surface area (Å²) < 4.78 is 4.76. The minimum absolute atomic E-state index is 0.118. The Bertz CT molecular complexity index is 166. The van der Waals surface area contributed by atoms with E-state index in [2.05, 4.69) is 0 Å². The van der Waals surface area contributed by atoms with Crippen molar-refractivity contribution in [2.45, 2.75) is 13.3 Å². The average Bonchev–Trinajstić information content (AvgIpc) is 1.84. The molecule has 0 rings (SSSR count). The molecule has 0 saturated carbocycles. The molecular formula is C8H15NO3. The van der Waals surface area contributed by atoms with Gasteiger partial charge in [-0.1, -0.05) is 0 Å². The van der Waals surface area contributed by atoms with E-state index < -0.39 is 5.97 Å². The largest absolute Gasteiger partial charge is 0.464 e. The number of ether oxygens (including phenoxy) is 1. The van der Waals surface area contributed by atoms with Crippen LogP contribution in [0.1, 0.15) is 13.3 Å². The Morgan fingerprint density at radius 1 is 1.33 bits per heavy atom. The lowest BCUT2D eigenvalue weighted by atomic mass is 10.3. The molecule has 0 aromatic heterocycles. The van der Waals surface area contributed by atoms with Crippen LogP contribution in [0.3, 0.4) is 0 Å². The predicted octanol–water partition coefficient (Wildman–Crippen LogP) is 0.0703. The van der Waals surface area contributed by atoms with Gasteiger partial charge in [0.1, 0.15) is 18.8 Å². The van der Waals surface area contributed by atoms with E-state index in [9.17, 15) is 9.59 Å². The summed E-state index contributed by atoms with van der Waals surface area (Å²) in [6, 6.07) is 0. The van der Waals surface area contributed by atoms with Crippen LogP contribution in [-0.2, 0) is 14.3 Å². The maximum absolute atomic E-state index is 10.8. The molecule has 70 valence electrons. The highest BCUT2D eigenvalue weighted by molar-refractivity contribution is 5.94. The fourth-order valence-corrected chi connectivity index (χ4v) is 0.596. The second-order valence-corrected chi connectivity index (χ2v) is 2.90. The van der Waals surface area contributed by atoms with Gasteiger partial charge in [0.25, 0.3) is 0 Å². The van der Waals surface area contributed by atoms with Crippen LogP contribution < -0.4 is 0 Å². The molecule has 0 N–H and O–H groups in total. The van der Waals surface area contributed by atoms with E-state index in [1.165, 1.54) is 6.92 Å². The van der Waals surface area contributed by atoms with Gasteiger partial charge >= 0.3 is 5.97 Å². The van der Waals surface area contributed by atoms with Crippen molar-refractivity contribution in [2.75, 3.05) is 27.2 Å². The second kappa shape index (κ2) is 5.71. The van der Waals surface area contributed by atoms with E-state index in [1.807, 2.05) is 19.0 Å². The molecule has 0 aliphatic carbocycles. The molecule has 0 saturated heterocycles. The number of Topliss-reactive ketones (excluding diaryl/α,β-unsaturated/α-hetero) is 1. The van der Waals surface area contributed by atoms with Gasteiger partial charge < -0.3 is 9.64 Å². The van der Waals surface area contributed by atoms with Crippen molar-refractivity contribution in [2.24, 2.45) is 0 Å². The third kappa shape index (κ3) is 7.21. The van der Waals surface area contributed by atoms with Crippen molar-refractivity contribution in [3.63, 3.8) is 0 Å². The van der Waals surface area contributed by atoms with Crippen LogP contribution in [0.5, 0.6) is 0 Å². The second-order valence-electron chi connectivity index (χ2n) is 2.90. The van der Waals surface area contributed by atoms with E-state index in [1.54, 1.807) is 0 Å². The lowest BCUT2D eigenvalue weighted by Gasteiger charge is -2.08. The lowest BCUT2D eigenvalue weighted by molar-refractivity contribution is -0.145. The summed E-state index contributed by atoms with van der Waals surface area (Å²) in [5.41, 5.74) is 0. The zero-order valence-corrected chi connectivity index (χ0v) is 7.79. The number of likely N-dealkylation sites (N-methyl/N-ethyl adjacent to an activating group) is 1. The van der Waals surface area contributed by atoms with E-state index in [0.29, 0.717) is 13.2 Å². The number of carbonyl (C=O) groups excluding carboxylic acids is 2. The molecule has 0 aromatic rings. The summed E-state index contributed by atoms with van der Waals surface area (Å²) in [4.78, 5) is 23.1. The van der Waals surface area contributed by atoms with Gasteiger partial charge in [-0.25, -0.2) is 0 Å². The molecule has 0 atom stereocenters. The van der Waals surface area contributed by atoms with Crippen molar-refractivity contribution in [1.82, 2.24) is 4.90 Å². The maximum Gasteiger partial charge on any atom is 0.313 e. The van der Waals surface area contributed by atoms with Gasteiger partial charge in [0.05, 0.1) is 0 Å². The summed E-state index contributed by atoms with van der Waals surface area (Å²) in [5, 5.41) is 0. The quantitative estimate of drug-likeness (QED) is 0.436. The van der Waals surface area contributed by atoms with E-state index in [-0.39, 0.29) is 12.2 Å². The van der Waals surface area contributed by atoms with Crippen LogP contribution >= 0.6 is 0 Å². The standard InChI is InChI=1S/C8H15NO3/c1-7(10)6-8(11)12-5-4-9(2)3/h4-6H2,1-3H3. The number of nitrogens with zero attached hydrogens (tertiary/aromatic N) is 1. The highest BCUT2D eigenvalue weighted by atomic mass is 16.5. The highest BCUT2D eigenvalue weighted by Gasteiger charge is 2.05. The maximum atomic E-state index is 10.8. The van der Waals surface area contributed by atoms with E-state index in [4.69, 9.17) is 4.74 Å². The summed E-state index contributed by atoms with van der Waals surface area (Å²) in [6.07, 6.45) is -0.118. The van der Waals surface area contributed by atoms with Crippen molar-refractivity contribution in [3.8, 4) is 0 Å². The van der Waals surface area contributed by atoms with Gasteiger partial charge in [0, 0.05) is 6.54 Å². The Morgan fingerprint density at radius 2 is 1.92 bits per heavy atom. The summed E-state index contributed by atoms with van der Waals surface area (Å²) in [5.74, 6) is -0.603. The Kier molecular flexibility index (Phi) is 5.28. The van der Waals surface area contributed by atoms with Crippen LogP contribution in [-0.4, -0.2) is 43.9 Å². The summed E-state index contributed by atoms with van der Waals surface area (Å²) in [6.45, 7) is 2.40. The number of hydrogen-bond acceptors (Lipinski definition) is 4. The number of carbonyl (C=O) groups is 2. The summed E-state index contributed by atoms with van der Waals surface area (Å²) in [7, 11) is 3.78. The number of hydrogen-bond donors (Lipinski definition) is 0. The molecule has 0 radical (unpaired) electrons. The van der Waals surface area contributed by atoms with E-state index in [0.717, 1.165) is 0 Å². The van der Waals surface area contributed by atoms with Gasteiger partial charge in [-0.05, 0) is 21.0 Å². The molecule has 0 aromatic carbocycles. The first-order chi connectivity index (χ1) is 5.52. The zero-order chi connectivity index (χ0) is 9.56. The minimum atomic E-state index is -0.440. The van der Waals surface area contributed by atoms with Crippen LogP contribution in [0.25, 0.3) is 0 Å². The fourth-order valence-electron chi connectivity index (χ4n) is 0.596. The minimum Gasteiger partial charge on any atom is -0.464 e. The SMILES string of the molecule is CC(=O)CC(=O)OCCN(C)C. The molecule has 12 heavy (non-hydrogen) atoms. The number of esters is 1. The molecule has 0 aliphatic heterocycles. The fraction of sp³-hybridized carbons (Fsp3) is 0.750. The Hall–Kier alpha value is -0.900. The molecule has 0 bridgehead atoms. The van der Waals surface area contributed by atoms with Gasteiger partial charge in [-0.2, -0.15) is 0 Å². The van der Waals surface area contributed by atoms with Gasteiger partial charge in [0.2, 0.25) is 0 Å². The first-order valence-corrected chi connectivity index (χ1v) is 3.82. The van der Waals surface area contributed by atoms with Crippen molar-refractivity contribution >= 4 is 11.8 Å². The van der Waals surface area contributed by atoms with Crippen molar-refractivity contribution in [3.05, 3.63) is 0 Å². The third-order valence-electron chi connectivity index (χ3n) is 1.19. The smallest absolute Gasteiger partial charge is 0.313 e. The summed E-state index contributed by atoms with van der Waals surface area (Å²) >= 11 is 0. The molecule has 0 heterocycles. The molecule has 4 nitrogen and oxygen atoms in total. The van der Waals surface area contributed by atoms with Gasteiger partial charge in [-0.15, -0.1) is 0 Å². The number of ketones is 1. The first-order valence-electron chi connectivity index (χ1n) is 3.82. The molecule has 0 amide bonds. The van der Waals surface area contributed by atoms with E-state index >= 15 is 0 Å². The van der Waals surface area contributed by atoms with Crippen LogP contribution in [0, 0.1) is 0 Å². The molecule has 4 heteroatoms. The molecule has 0 aliphatic rings. The lowest BCUT2D eigenvalue weighted by Crippen LogP contribution is -2.20. The molecule has 0 spiro atoms. The predicted molar refractivity (Wildman–Crippen MR) is 44.8 cm³/mol. The van der Waals surface area contributed by atoms with Gasteiger partial charge in [0.15, 0.2) is 0 Å². The average molecular weight is 173 g/mol. The van der Waals surface area contributed by atoms with Gasteiger partial charge in [-0.3, -0.25) is 9.59 Å². The molecular weight excluding hydrogens is 158 g/mol. The van der Waals surface area contributed by atoms with Crippen molar-refractivity contribution in [1.29, 1.82) is 0 Å². The number of rotatable bonds is 5. The zero-order valence-electron chi connectivity index (χ0n) is 7.79. The Balaban J connectivity index is 3.38. The van der Waals surface area contributed by atoms with Crippen LogP contribution in [0.15, 0.2) is 0 Å². The monoisotopic (exact) mass is 173 g/mol. The Morgan fingerprint density at radius 3 is 2.33 bits per heavy atom. The normalized spacial score (nSPS) is 10.0.